The molecule has 0 aliphatic carbocycles. The molecule has 1 N–H and O–H groups in total. The molecule has 106 valence electrons. The molecular weight excluding hydrogens is 252 g/mol. The Balaban J connectivity index is 1.94. The molecule has 4 heteroatoms. The van der Waals surface area contributed by atoms with Gasteiger partial charge in [-0.3, -0.25) is 9.59 Å². The Morgan fingerprint density at radius 1 is 1.20 bits per heavy atom. The first kappa shape index (κ1) is 13.2. The zero-order valence-electron chi connectivity index (χ0n) is 12.1. The van der Waals surface area contributed by atoms with Gasteiger partial charge >= 0.3 is 0 Å². The van der Waals surface area contributed by atoms with Gasteiger partial charge in [-0.05, 0) is 43.4 Å². The molecule has 20 heavy (non-hydrogen) atoms. The van der Waals surface area contributed by atoms with Crippen molar-refractivity contribution < 1.29 is 9.59 Å². The minimum Gasteiger partial charge on any atom is -0.368 e. The number of fused-ring (bicyclic) bond motifs is 1. The number of ketones is 1. The van der Waals surface area contributed by atoms with Crippen molar-refractivity contribution in [2.45, 2.75) is 33.2 Å². The van der Waals surface area contributed by atoms with Gasteiger partial charge in [0, 0.05) is 18.3 Å². The lowest BCUT2D eigenvalue weighted by Crippen LogP contribution is -2.45. The molecule has 3 atom stereocenters. The molecule has 1 aromatic carbocycles. The smallest absolute Gasteiger partial charge is 0.296 e. The maximum atomic E-state index is 11.6. The Morgan fingerprint density at radius 2 is 1.95 bits per heavy atom. The molecule has 1 amide bonds. The van der Waals surface area contributed by atoms with Gasteiger partial charge in [-0.2, -0.15) is 0 Å². The van der Waals surface area contributed by atoms with Crippen LogP contribution in [0.15, 0.2) is 18.2 Å². The van der Waals surface area contributed by atoms with E-state index < -0.39 is 11.7 Å². The molecular formula is C16H20N2O2. The second-order valence-electron chi connectivity index (χ2n) is 6.22. The number of benzene rings is 1. The van der Waals surface area contributed by atoms with Gasteiger partial charge in [0.15, 0.2) is 0 Å². The number of rotatable bonds is 1. The van der Waals surface area contributed by atoms with Gasteiger partial charge in [-0.25, -0.2) is 0 Å². The van der Waals surface area contributed by atoms with Crippen LogP contribution in [0.25, 0.3) is 0 Å². The van der Waals surface area contributed by atoms with Gasteiger partial charge in [0.25, 0.3) is 11.7 Å². The van der Waals surface area contributed by atoms with E-state index in [1.54, 1.807) is 6.07 Å². The normalized spacial score (nSPS) is 29.4. The summed E-state index contributed by atoms with van der Waals surface area (Å²) in [4.78, 5) is 25.4. The summed E-state index contributed by atoms with van der Waals surface area (Å²) in [6, 6.07) is 6.12. The summed E-state index contributed by atoms with van der Waals surface area (Å²) in [6.45, 7) is 7.82. The molecule has 3 rings (SSSR count). The highest BCUT2D eigenvalue weighted by Crippen LogP contribution is 2.34. The van der Waals surface area contributed by atoms with E-state index in [9.17, 15) is 9.59 Å². The van der Waals surface area contributed by atoms with Crippen molar-refractivity contribution in [2.75, 3.05) is 16.8 Å². The number of nitrogens with zero attached hydrogens (tertiary/aromatic N) is 1. The highest BCUT2D eigenvalue weighted by Gasteiger charge is 2.32. The summed E-state index contributed by atoms with van der Waals surface area (Å²) in [5.74, 6) is 0.347. The average molecular weight is 272 g/mol. The van der Waals surface area contributed by atoms with Gasteiger partial charge in [0.1, 0.15) is 0 Å². The van der Waals surface area contributed by atoms with Gasteiger partial charge in [0.05, 0.1) is 11.3 Å². The molecule has 0 radical (unpaired) electrons. The fourth-order valence-corrected chi connectivity index (χ4v) is 3.37. The van der Waals surface area contributed by atoms with E-state index in [0.717, 1.165) is 12.2 Å². The molecule has 0 spiro atoms. The number of piperidine rings is 1. The number of anilines is 2. The van der Waals surface area contributed by atoms with Gasteiger partial charge < -0.3 is 10.2 Å². The average Bonchev–Trinajstić information content (AvgIpc) is 2.69. The van der Waals surface area contributed by atoms with E-state index in [4.69, 9.17) is 0 Å². The molecule has 1 fully saturated rings. The Labute approximate surface area is 119 Å². The van der Waals surface area contributed by atoms with E-state index >= 15 is 0 Å². The van der Waals surface area contributed by atoms with Crippen molar-refractivity contribution in [1.82, 2.24) is 0 Å². The van der Waals surface area contributed by atoms with Crippen LogP contribution in [0.2, 0.25) is 0 Å². The minimum atomic E-state index is -0.523. The van der Waals surface area contributed by atoms with E-state index in [0.29, 0.717) is 29.1 Å². The third-order valence-electron chi connectivity index (χ3n) is 4.63. The minimum absolute atomic E-state index is 0.431. The molecule has 2 heterocycles. The van der Waals surface area contributed by atoms with Crippen LogP contribution >= 0.6 is 0 Å². The lowest BCUT2D eigenvalue weighted by Gasteiger charge is -2.42. The van der Waals surface area contributed by atoms with Crippen LogP contribution in [0, 0.1) is 11.8 Å². The zero-order valence-corrected chi connectivity index (χ0v) is 12.1. The fraction of sp³-hybridized carbons (Fsp3) is 0.500. The number of amides is 1. The van der Waals surface area contributed by atoms with Crippen LogP contribution in [0.3, 0.4) is 0 Å². The van der Waals surface area contributed by atoms with E-state index in [2.05, 4.69) is 31.0 Å². The molecule has 3 unspecified atom stereocenters. The van der Waals surface area contributed by atoms with Crippen molar-refractivity contribution >= 4 is 23.1 Å². The van der Waals surface area contributed by atoms with E-state index in [1.165, 1.54) is 6.42 Å². The van der Waals surface area contributed by atoms with Crippen molar-refractivity contribution in [3.63, 3.8) is 0 Å². The number of nitrogens with one attached hydrogen (secondary N) is 1. The van der Waals surface area contributed by atoms with Crippen molar-refractivity contribution in [3.8, 4) is 0 Å². The van der Waals surface area contributed by atoms with Gasteiger partial charge in [0.2, 0.25) is 0 Å². The number of Topliss-reactive ketones (excluding diaryl/α,β-unsaturated/α-hetero) is 1. The second kappa shape index (κ2) is 4.62. The summed E-state index contributed by atoms with van der Waals surface area (Å²) in [5, 5.41) is 2.65. The summed E-state index contributed by atoms with van der Waals surface area (Å²) >= 11 is 0. The molecule has 1 saturated heterocycles. The van der Waals surface area contributed by atoms with Crippen LogP contribution in [0.5, 0.6) is 0 Å². The zero-order chi connectivity index (χ0) is 14.4. The Hall–Kier alpha value is -1.84. The van der Waals surface area contributed by atoms with Crippen LogP contribution in [-0.2, 0) is 4.79 Å². The predicted molar refractivity (Wildman–Crippen MR) is 79.2 cm³/mol. The molecule has 0 saturated carbocycles. The molecule has 1 aromatic rings. The van der Waals surface area contributed by atoms with Gasteiger partial charge in [-0.1, -0.05) is 13.8 Å². The third kappa shape index (κ3) is 1.99. The number of carbonyl (C=O) groups is 2. The Kier molecular flexibility index (Phi) is 3.04. The van der Waals surface area contributed by atoms with Crippen molar-refractivity contribution in [3.05, 3.63) is 23.8 Å². The standard InChI is InChI=1S/C16H20N2O2/c1-9-6-10(2)11(3)18(8-9)12-4-5-13-14(7-12)17-16(20)15(13)19/h4-5,7,9-11H,6,8H2,1-3H3,(H,17,19,20). The maximum absolute atomic E-state index is 11.6. The Morgan fingerprint density at radius 3 is 2.70 bits per heavy atom. The van der Waals surface area contributed by atoms with Crippen LogP contribution in [0.4, 0.5) is 11.4 Å². The molecule has 4 nitrogen and oxygen atoms in total. The maximum Gasteiger partial charge on any atom is 0.296 e. The highest BCUT2D eigenvalue weighted by atomic mass is 16.2. The highest BCUT2D eigenvalue weighted by molar-refractivity contribution is 6.51. The number of hydrogen-bond donors (Lipinski definition) is 1. The lowest BCUT2D eigenvalue weighted by molar-refractivity contribution is -0.112. The molecule has 2 aliphatic heterocycles. The second-order valence-corrected chi connectivity index (χ2v) is 6.22. The van der Waals surface area contributed by atoms with E-state index in [-0.39, 0.29) is 0 Å². The molecule has 2 aliphatic rings. The van der Waals surface area contributed by atoms with Gasteiger partial charge in [-0.15, -0.1) is 0 Å². The topological polar surface area (TPSA) is 49.4 Å². The summed E-state index contributed by atoms with van der Waals surface area (Å²) in [6.07, 6.45) is 1.25. The SMILES string of the molecule is CC1CC(C)C(C)N(c2ccc3c(c2)NC(=O)C3=O)C1. The van der Waals surface area contributed by atoms with Crippen LogP contribution in [0.1, 0.15) is 37.6 Å². The first-order valence-corrected chi connectivity index (χ1v) is 7.23. The largest absolute Gasteiger partial charge is 0.368 e. The number of hydrogen-bond acceptors (Lipinski definition) is 3. The van der Waals surface area contributed by atoms with Crippen molar-refractivity contribution in [2.24, 2.45) is 11.8 Å². The fourth-order valence-electron chi connectivity index (χ4n) is 3.37. The first-order chi connectivity index (χ1) is 9.47. The molecule has 0 aromatic heterocycles. The Bertz CT molecular complexity index is 582. The lowest BCUT2D eigenvalue weighted by atomic mass is 9.85. The van der Waals surface area contributed by atoms with E-state index in [1.807, 2.05) is 12.1 Å². The third-order valence-corrected chi connectivity index (χ3v) is 4.63. The first-order valence-electron chi connectivity index (χ1n) is 7.23. The van der Waals surface area contributed by atoms with Crippen LogP contribution < -0.4 is 10.2 Å². The predicted octanol–water partition coefficient (Wildman–Crippen LogP) is 2.69. The monoisotopic (exact) mass is 272 g/mol. The molecule has 0 bridgehead atoms. The summed E-state index contributed by atoms with van der Waals surface area (Å²) < 4.78 is 0. The summed E-state index contributed by atoms with van der Waals surface area (Å²) in [5.41, 5.74) is 2.23. The van der Waals surface area contributed by atoms with Crippen LogP contribution in [-0.4, -0.2) is 24.3 Å². The summed E-state index contributed by atoms with van der Waals surface area (Å²) in [7, 11) is 0. The number of carbonyl (C=O) groups excluding carboxylic acids is 2. The quantitative estimate of drug-likeness (QED) is 0.800. The van der Waals surface area contributed by atoms with Crippen molar-refractivity contribution in [1.29, 1.82) is 0 Å².